The summed E-state index contributed by atoms with van der Waals surface area (Å²) in [4.78, 5) is 0. The Bertz CT molecular complexity index is 227. The molecule has 0 radical (unpaired) electrons. The highest BCUT2D eigenvalue weighted by molar-refractivity contribution is 5.43. The number of nitrogens with two attached hydrogens (primary N) is 1. The number of hydrogen-bond acceptors (Lipinski definition) is 1. The maximum Gasteiger partial charge on any atom is 0.0962 e. The van der Waals surface area contributed by atoms with Gasteiger partial charge in [0, 0.05) is 12.1 Å². The van der Waals surface area contributed by atoms with Crippen molar-refractivity contribution < 1.29 is 5.32 Å². The van der Waals surface area contributed by atoms with Gasteiger partial charge in [0.15, 0.2) is 0 Å². The quantitative estimate of drug-likeness (QED) is 0.650. The van der Waals surface area contributed by atoms with E-state index in [2.05, 4.69) is 34.9 Å². The van der Waals surface area contributed by atoms with Crippen molar-refractivity contribution >= 4 is 5.69 Å². The van der Waals surface area contributed by atoms with E-state index in [0.29, 0.717) is 6.04 Å². The van der Waals surface area contributed by atoms with Crippen LogP contribution in [0.4, 0.5) is 5.69 Å². The number of para-hydroxylation sites is 1. The number of benzene rings is 1. The summed E-state index contributed by atoms with van der Waals surface area (Å²) >= 11 is 0. The zero-order valence-electron chi connectivity index (χ0n) is 7.16. The first-order valence-electron chi connectivity index (χ1n) is 4.58. The fraction of sp³-hybridized carbons (Fsp3) is 0.400. The first-order chi connectivity index (χ1) is 5.95. The second kappa shape index (κ2) is 3.59. The number of nitrogens with one attached hydrogen (secondary N) is 1. The Hall–Kier alpha value is -1.02. The lowest BCUT2D eigenvalue weighted by molar-refractivity contribution is -0.636. The molecule has 0 bridgehead atoms. The van der Waals surface area contributed by atoms with Crippen molar-refractivity contribution in [2.45, 2.75) is 12.5 Å². The topological polar surface area (TPSA) is 28.6 Å². The predicted octanol–water partition coefficient (Wildman–Crippen LogP) is 0.434. The van der Waals surface area contributed by atoms with Gasteiger partial charge >= 0.3 is 0 Å². The minimum atomic E-state index is 0.674. The van der Waals surface area contributed by atoms with Crippen molar-refractivity contribution in [3.63, 3.8) is 0 Å². The summed E-state index contributed by atoms with van der Waals surface area (Å²) in [7, 11) is 0. The normalized spacial score (nSPS) is 22.5. The minimum absolute atomic E-state index is 0.674. The van der Waals surface area contributed by atoms with Crippen LogP contribution in [0, 0.1) is 0 Å². The lowest BCUT2D eigenvalue weighted by Crippen LogP contribution is -2.81. The van der Waals surface area contributed by atoms with Gasteiger partial charge in [-0.25, -0.2) is 0 Å². The van der Waals surface area contributed by atoms with Crippen LogP contribution >= 0.6 is 0 Å². The Morgan fingerprint density at radius 3 is 2.75 bits per heavy atom. The van der Waals surface area contributed by atoms with Crippen LogP contribution < -0.4 is 10.6 Å². The molecule has 0 aromatic heterocycles. The van der Waals surface area contributed by atoms with E-state index in [9.17, 15) is 0 Å². The van der Waals surface area contributed by atoms with Crippen LogP contribution in [0.15, 0.2) is 30.3 Å². The Morgan fingerprint density at radius 1 is 1.25 bits per heavy atom. The van der Waals surface area contributed by atoms with Gasteiger partial charge in [-0.3, -0.25) is 0 Å². The fourth-order valence-corrected chi connectivity index (χ4v) is 1.66. The Balaban J connectivity index is 1.94. The zero-order chi connectivity index (χ0) is 8.23. The number of hydrogen-bond donors (Lipinski definition) is 2. The van der Waals surface area contributed by atoms with Crippen molar-refractivity contribution in [2.75, 3.05) is 18.4 Å². The molecule has 0 unspecified atom stereocenters. The maximum absolute atomic E-state index is 3.51. The second-order valence-corrected chi connectivity index (χ2v) is 3.31. The van der Waals surface area contributed by atoms with Gasteiger partial charge < -0.3 is 10.6 Å². The molecule has 3 N–H and O–H groups in total. The molecule has 0 aliphatic carbocycles. The van der Waals surface area contributed by atoms with Crippen LogP contribution in [0.5, 0.6) is 0 Å². The smallest absolute Gasteiger partial charge is 0.0962 e. The van der Waals surface area contributed by atoms with Gasteiger partial charge in [-0.15, -0.1) is 0 Å². The average molecular weight is 163 g/mol. The van der Waals surface area contributed by atoms with Gasteiger partial charge in [-0.1, -0.05) is 18.2 Å². The van der Waals surface area contributed by atoms with Gasteiger partial charge in [-0.05, 0) is 12.1 Å². The molecule has 0 amide bonds. The largest absolute Gasteiger partial charge is 0.377 e. The van der Waals surface area contributed by atoms with Crippen LogP contribution in [0.2, 0.25) is 0 Å². The van der Waals surface area contributed by atoms with Gasteiger partial charge in [0.05, 0.1) is 19.1 Å². The molecule has 2 heteroatoms. The third kappa shape index (κ3) is 1.77. The van der Waals surface area contributed by atoms with Crippen molar-refractivity contribution in [1.29, 1.82) is 0 Å². The third-order valence-corrected chi connectivity index (χ3v) is 2.32. The maximum atomic E-state index is 3.51. The summed E-state index contributed by atoms with van der Waals surface area (Å²) in [5.74, 6) is 0. The van der Waals surface area contributed by atoms with Crippen LogP contribution in [0.3, 0.4) is 0 Å². The van der Waals surface area contributed by atoms with E-state index in [1.165, 1.54) is 25.2 Å². The summed E-state index contributed by atoms with van der Waals surface area (Å²) in [6, 6.07) is 11.1. The van der Waals surface area contributed by atoms with Crippen LogP contribution in [-0.2, 0) is 0 Å². The van der Waals surface area contributed by atoms with E-state index in [1.54, 1.807) is 0 Å². The van der Waals surface area contributed by atoms with E-state index >= 15 is 0 Å². The summed E-state index contributed by atoms with van der Waals surface area (Å²) in [5.41, 5.74) is 1.25. The van der Waals surface area contributed by atoms with E-state index in [0.717, 1.165) is 0 Å². The highest BCUT2D eigenvalue weighted by Gasteiger charge is 2.16. The molecule has 1 heterocycles. The SMILES string of the molecule is c1ccc(N[C@@H]2CC[NH2+]C2)cc1. The zero-order valence-corrected chi connectivity index (χ0v) is 7.16. The molecule has 0 spiro atoms. The lowest BCUT2D eigenvalue weighted by Gasteiger charge is -2.09. The monoisotopic (exact) mass is 163 g/mol. The molecule has 1 aliphatic heterocycles. The molecular weight excluding hydrogens is 148 g/mol. The third-order valence-electron chi connectivity index (χ3n) is 2.32. The molecule has 1 atom stereocenters. The van der Waals surface area contributed by atoms with Crippen molar-refractivity contribution in [3.8, 4) is 0 Å². The predicted molar refractivity (Wildman–Crippen MR) is 50.1 cm³/mol. The van der Waals surface area contributed by atoms with Crippen LogP contribution in [0.25, 0.3) is 0 Å². The number of quaternary nitrogens is 1. The summed E-state index contributed by atoms with van der Waals surface area (Å²) < 4.78 is 0. The van der Waals surface area contributed by atoms with Gasteiger partial charge in [-0.2, -0.15) is 0 Å². The summed E-state index contributed by atoms with van der Waals surface area (Å²) in [6.07, 6.45) is 1.29. The summed E-state index contributed by atoms with van der Waals surface area (Å²) in [6.45, 7) is 2.49. The molecule has 0 saturated carbocycles. The van der Waals surface area contributed by atoms with E-state index in [4.69, 9.17) is 0 Å². The van der Waals surface area contributed by atoms with Crippen LogP contribution in [0.1, 0.15) is 6.42 Å². The second-order valence-electron chi connectivity index (χ2n) is 3.31. The first-order valence-corrected chi connectivity index (χ1v) is 4.58. The van der Waals surface area contributed by atoms with Gasteiger partial charge in [0.25, 0.3) is 0 Å². The Labute approximate surface area is 73.0 Å². The molecule has 1 aromatic rings. The molecule has 1 aromatic carbocycles. The van der Waals surface area contributed by atoms with E-state index < -0.39 is 0 Å². The molecule has 2 rings (SSSR count). The Morgan fingerprint density at radius 2 is 2.08 bits per heavy atom. The number of anilines is 1. The molecule has 2 nitrogen and oxygen atoms in total. The molecule has 12 heavy (non-hydrogen) atoms. The standard InChI is InChI=1S/C10H14N2/c1-2-4-9(5-3-1)12-10-6-7-11-8-10/h1-5,10-12H,6-8H2/p+1/t10-/m1/s1. The summed E-state index contributed by atoms with van der Waals surface area (Å²) in [5, 5.41) is 5.87. The molecular formula is C10H15N2+. The Kier molecular flexibility index (Phi) is 2.28. The lowest BCUT2D eigenvalue weighted by atomic mass is 10.2. The van der Waals surface area contributed by atoms with Gasteiger partial charge in [0.2, 0.25) is 0 Å². The molecule has 1 fully saturated rings. The highest BCUT2D eigenvalue weighted by Crippen LogP contribution is 2.08. The van der Waals surface area contributed by atoms with Crippen molar-refractivity contribution in [1.82, 2.24) is 0 Å². The van der Waals surface area contributed by atoms with E-state index in [-0.39, 0.29) is 0 Å². The van der Waals surface area contributed by atoms with Gasteiger partial charge in [0.1, 0.15) is 0 Å². The average Bonchev–Trinajstić information content (AvgIpc) is 2.59. The van der Waals surface area contributed by atoms with Crippen molar-refractivity contribution in [3.05, 3.63) is 30.3 Å². The number of rotatable bonds is 2. The van der Waals surface area contributed by atoms with Crippen molar-refractivity contribution in [2.24, 2.45) is 0 Å². The molecule has 1 aliphatic rings. The van der Waals surface area contributed by atoms with E-state index in [1.807, 2.05) is 6.07 Å². The molecule has 64 valence electrons. The molecule has 1 saturated heterocycles. The highest BCUT2D eigenvalue weighted by atomic mass is 15.0. The van der Waals surface area contributed by atoms with Crippen LogP contribution in [-0.4, -0.2) is 19.1 Å². The fourth-order valence-electron chi connectivity index (χ4n) is 1.66. The minimum Gasteiger partial charge on any atom is -0.377 e. The first kappa shape index (κ1) is 7.62.